The van der Waals surface area contributed by atoms with Crippen LogP contribution in [-0.4, -0.2) is 11.9 Å². The van der Waals surface area contributed by atoms with Crippen molar-refractivity contribution in [2.24, 2.45) is 4.99 Å². The molecule has 0 spiro atoms. The molecular weight excluding hydrogens is 385 g/mol. The third-order valence-corrected chi connectivity index (χ3v) is 4.70. The number of rotatable bonds is 3. The molecule has 1 aliphatic heterocycles. The Hall–Kier alpha value is -2.82. The Bertz CT molecular complexity index is 1110. The van der Waals surface area contributed by atoms with E-state index in [9.17, 15) is 4.79 Å². The van der Waals surface area contributed by atoms with E-state index in [0.29, 0.717) is 27.1 Å². The van der Waals surface area contributed by atoms with Crippen LogP contribution < -0.4 is 0 Å². The van der Waals surface area contributed by atoms with Crippen molar-refractivity contribution in [1.29, 1.82) is 0 Å². The van der Waals surface area contributed by atoms with Gasteiger partial charge in [-0.15, -0.1) is 0 Å². The van der Waals surface area contributed by atoms with Gasteiger partial charge < -0.3 is 9.15 Å². The summed E-state index contributed by atoms with van der Waals surface area (Å²) in [6.07, 6.45) is 1.54. The summed E-state index contributed by atoms with van der Waals surface area (Å²) < 4.78 is 11.0. The smallest absolute Gasteiger partial charge is 0.363 e. The minimum Gasteiger partial charge on any atom is -0.457 e. The predicted molar refractivity (Wildman–Crippen MR) is 106 cm³/mol. The lowest BCUT2D eigenvalue weighted by Gasteiger charge is -2.00. The minimum absolute atomic E-state index is 0.160. The van der Waals surface area contributed by atoms with Gasteiger partial charge in [0.2, 0.25) is 5.90 Å². The Kier molecular flexibility index (Phi) is 4.60. The van der Waals surface area contributed by atoms with Gasteiger partial charge in [0.05, 0.1) is 0 Å². The largest absolute Gasteiger partial charge is 0.457 e. The summed E-state index contributed by atoms with van der Waals surface area (Å²) in [5, 5.41) is 1.20. The third-order valence-electron chi connectivity index (χ3n) is 4.05. The van der Waals surface area contributed by atoms with Gasteiger partial charge in [-0.3, -0.25) is 0 Å². The Morgan fingerprint density at radius 2 is 1.85 bits per heavy atom. The molecule has 0 fully saturated rings. The molecule has 2 heterocycles. The first kappa shape index (κ1) is 17.6. The van der Waals surface area contributed by atoms with E-state index >= 15 is 0 Å². The van der Waals surface area contributed by atoms with Crippen molar-refractivity contribution < 1.29 is 13.9 Å². The molecule has 6 heteroatoms. The number of halogens is 2. The fourth-order valence-electron chi connectivity index (χ4n) is 2.62. The SMILES string of the molecule is Cc1ccc(-c2ccc(/C=C3\N=C(c4cccc(Cl)c4)OC3=O)o2)cc1Cl. The van der Waals surface area contributed by atoms with Crippen molar-refractivity contribution in [1.82, 2.24) is 0 Å². The fraction of sp³-hybridized carbons (Fsp3) is 0.0476. The van der Waals surface area contributed by atoms with Gasteiger partial charge in [-0.1, -0.05) is 41.4 Å². The molecule has 4 nitrogen and oxygen atoms in total. The predicted octanol–water partition coefficient (Wildman–Crippen LogP) is 5.91. The maximum Gasteiger partial charge on any atom is 0.363 e. The molecule has 0 aliphatic carbocycles. The maximum absolute atomic E-state index is 12.1. The quantitative estimate of drug-likeness (QED) is 0.407. The van der Waals surface area contributed by atoms with Gasteiger partial charge in [0, 0.05) is 27.2 Å². The molecule has 1 aromatic heterocycles. The summed E-state index contributed by atoms with van der Waals surface area (Å²) in [6.45, 7) is 1.94. The number of nitrogens with zero attached hydrogens (tertiary/aromatic N) is 1. The Morgan fingerprint density at radius 1 is 1.00 bits per heavy atom. The number of furan rings is 1. The molecule has 0 bridgehead atoms. The molecule has 0 unspecified atom stereocenters. The van der Waals surface area contributed by atoms with E-state index in [2.05, 4.69) is 4.99 Å². The van der Waals surface area contributed by atoms with Crippen LogP contribution in [0.15, 0.2) is 69.7 Å². The zero-order chi connectivity index (χ0) is 19.0. The van der Waals surface area contributed by atoms with Crippen LogP contribution in [0.3, 0.4) is 0 Å². The first-order valence-corrected chi connectivity index (χ1v) is 8.90. The van der Waals surface area contributed by atoms with Gasteiger partial charge in [0.25, 0.3) is 0 Å². The summed E-state index contributed by atoms with van der Waals surface area (Å²) >= 11 is 12.1. The van der Waals surface area contributed by atoms with Crippen LogP contribution >= 0.6 is 23.2 Å². The van der Waals surface area contributed by atoms with E-state index in [4.69, 9.17) is 32.4 Å². The molecule has 1 aliphatic rings. The topological polar surface area (TPSA) is 51.8 Å². The van der Waals surface area contributed by atoms with Crippen molar-refractivity contribution in [3.05, 3.63) is 87.2 Å². The number of aryl methyl sites for hydroxylation is 1. The minimum atomic E-state index is -0.540. The second-order valence-corrected chi connectivity index (χ2v) is 6.86. The van der Waals surface area contributed by atoms with Crippen molar-refractivity contribution in [2.45, 2.75) is 6.92 Å². The molecule has 3 aromatic rings. The zero-order valence-corrected chi connectivity index (χ0v) is 15.7. The van der Waals surface area contributed by atoms with Crippen LogP contribution in [0.1, 0.15) is 16.9 Å². The van der Waals surface area contributed by atoms with Gasteiger partial charge in [-0.2, -0.15) is 0 Å². The first-order valence-electron chi connectivity index (χ1n) is 8.14. The van der Waals surface area contributed by atoms with Gasteiger partial charge in [0.15, 0.2) is 5.70 Å². The molecule has 2 aromatic carbocycles. The van der Waals surface area contributed by atoms with Crippen LogP contribution in [0.25, 0.3) is 17.4 Å². The average molecular weight is 398 g/mol. The Balaban J connectivity index is 1.63. The number of carbonyl (C=O) groups is 1. The van der Waals surface area contributed by atoms with Crippen LogP contribution in [-0.2, 0) is 9.53 Å². The van der Waals surface area contributed by atoms with Gasteiger partial charge in [-0.25, -0.2) is 9.79 Å². The highest BCUT2D eigenvalue weighted by atomic mass is 35.5. The standard InChI is InChI=1S/C21H13Cl2NO3/c1-12-5-6-13(10-17(12)23)19-8-7-16(26-19)11-18-21(25)27-20(24-18)14-3-2-4-15(22)9-14/h2-11H,1H3/b18-11-. The summed E-state index contributed by atoms with van der Waals surface area (Å²) in [5.41, 5.74) is 2.64. The van der Waals surface area contributed by atoms with E-state index in [1.54, 1.807) is 36.4 Å². The summed E-state index contributed by atoms with van der Waals surface area (Å²) in [5.74, 6) is 0.811. The van der Waals surface area contributed by atoms with E-state index in [1.807, 2.05) is 31.2 Å². The summed E-state index contributed by atoms with van der Waals surface area (Å²) in [7, 11) is 0. The number of benzene rings is 2. The number of hydrogen-bond donors (Lipinski definition) is 0. The lowest BCUT2D eigenvalue weighted by molar-refractivity contribution is -0.129. The van der Waals surface area contributed by atoms with Crippen LogP contribution in [0.5, 0.6) is 0 Å². The monoisotopic (exact) mass is 397 g/mol. The Morgan fingerprint density at radius 3 is 2.63 bits per heavy atom. The maximum atomic E-state index is 12.1. The molecule has 4 rings (SSSR count). The molecule has 0 amide bonds. The van der Waals surface area contributed by atoms with E-state index < -0.39 is 5.97 Å². The van der Waals surface area contributed by atoms with Gasteiger partial charge in [-0.05, 0) is 48.9 Å². The highest BCUT2D eigenvalue weighted by Crippen LogP contribution is 2.28. The van der Waals surface area contributed by atoms with Crippen molar-refractivity contribution >= 4 is 41.1 Å². The molecule has 0 radical (unpaired) electrons. The number of aliphatic imine (C=N–C) groups is 1. The lowest BCUT2D eigenvalue weighted by atomic mass is 10.1. The second-order valence-electron chi connectivity index (χ2n) is 6.01. The number of ether oxygens (including phenoxy) is 1. The highest BCUT2D eigenvalue weighted by molar-refractivity contribution is 6.31. The average Bonchev–Trinajstić information content (AvgIpc) is 3.25. The van der Waals surface area contributed by atoms with Crippen molar-refractivity contribution in [2.75, 3.05) is 0 Å². The number of esters is 1. The molecule has 0 saturated heterocycles. The second kappa shape index (κ2) is 7.06. The zero-order valence-electron chi connectivity index (χ0n) is 14.2. The van der Waals surface area contributed by atoms with E-state index in [1.165, 1.54) is 0 Å². The van der Waals surface area contributed by atoms with E-state index in [0.717, 1.165) is 11.1 Å². The van der Waals surface area contributed by atoms with Crippen molar-refractivity contribution in [3.63, 3.8) is 0 Å². The molecule has 134 valence electrons. The van der Waals surface area contributed by atoms with Crippen LogP contribution in [0.2, 0.25) is 10.0 Å². The first-order chi connectivity index (χ1) is 13.0. The van der Waals surface area contributed by atoms with Crippen molar-refractivity contribution in [3.8, 4) is 11.3 Å². The molecule has 0 atom stereocenters. The molecule has 0 saturated carbocycles. The number of cyclic esters (lactones) is 1. The van der Waals surface area contributed by atoms with Gasteiger partial charge >= 0.3 is 5.97 Å². The molecular formula is C21H13Cl2NO3. The highest BCUT2D eigenvalue weighted by Gasteiger charge is 2.24. The molecule has 27 heavy (non-hydrogen) atoms. The lowest BCUT2D eigenvalue weighted by Crippen LogP contribution is -2.05. The van der Waals surface area contributed by atoms with Crippen LogP contribution in [0, 0.1) is 6.92 Å². The third kappa shape index (κ3) is 3.68. The normalized spacial score (nSPS) is 15.1. The summed E-state index contributed by atoms with van der Waals surface area (Å²) in [6, 6.07) is 16.2. The molecule has 0 N–H and O–H groups in total. The number of hydrogen-bond acceptors (Lipinski definition) is 4. The van der Waals surface area contributed by atoms with E-state index in [-0.39, 0.29) is 11.6 Å². The summed E-state index contributed by atoms with van der Waals surface area (Å²) in [4.78, 5) is 16.4. The fourth-order valence-corrected chi connectivity index (χ4v) is 2.99. The van der Waals surface area contributed by atoms with Gasteiger partial charge in [0.1, 0.15) is 11.5 Å². The van der Waals surface area contributed by atoms with Crippen LogP contribution in [0.4, 0.5) is 0 Å². The Labute approximate surface area is 165 Å². The number of carbonyl (C=O) groups excluding carboxylic acids is 1.